The molecule has 2 heteroatoms. The van der Waals surface area contributed by atoms with Crippen LogP contribution in [0.2, 0.25) is 0 Å². The summed E-state index contributed by atoms with van der Waals surface area (Å²) in [4.78, 5) is 1.39. The second-order valence-electron chi connectivity index (χ2n) is 3.12. The summed E-state index contributed by atoms with van der Waals surface area (Å²) in [6.45, 7) is 2.49. The van der Waals surface area contributed by atoms with Gasteiger partial charge < -0.3 is 5.11 Å². The van der Waals surface area contributed by atoms with Crippen LogP contribution in [0, 0.1) is 5.92 Å². The summed E-state index contributed by atoms with van der Waals surface area (Å²) in [5.41, 5.74) is 0. The molecule has 0 fully saturated rings. The molecule has 0 amide bonds. The molecule has 1 atom stereocenters. The minimum atomic E-state index is 0.325. The summed E-state index contributed by atoms with van der Waals surface area (Å²) >= 11 is 1.78. The lowest BCUT2D eigenvalue weighted by atomic mass is 10.0. The maximum atomic E-state index is 9.06. The molecule has 1 aromatic heterocycles. The first-order chi connectivity index (χ1) is 5.86. The van der Waals surface area contributed by atoms with Crippen molar-refractivity contribution in [2.45, 2.75) is 26.2 Å². The van der Waals surface area contributed by atoms with Crippen LogP contribution in [-0.2, 0) is 6.42 Å². The van der Waals surface area contributed by atoms with Gasteiger partial charge in [0.15, 0.2) is 0 Å². The topological polar surface area (TPSA) is 20.2 Å². The van der Waals surface area contributed by atoms with Gasteiger partial charge in [-0.25, -0.2) is 0 Å². The molecule has 0 bridgehead atoms. The maximum absolute atomic E-state index is 9.06. The fraction of sp³-hybridized carbons (Fsp3) is 0.600. The summed E-state index contributed by atoms with van der Waals surface area (Å²) in [6, 6.07) is 4.21. The van der Waals surface area contributed by atoms with E-state index >= 15 is 0 Å². The average Bonchev–Trinajstić information content (AvgIpc) is 2.56. The molecule has 1 N–H and O–H groups in total. The Morgan fingerprint density at radius 3 is 2.92 bits per heavy atom. The lowest BCUT2D eigenvalue weighted by molar-refractivity contribution is 0.217. The van der Waals surface area contributed by atoms with E-state index in [9.17, 15) is 0 Å². The Labute approximate surface area is 78.1 Å². The standard InChI is InChI=1S/C10H16OS/c1-2-4-9(8-11)7-10-5-3-6-12-10/h3,5-6,9,11H,2,4,7-8H2,1H3. The van der Waals surface area contributed by atoms with Gasteiger partial charge in [0.05, 0.1) is 0 Å². The highest BCUT2D eigenvalue weighted by atomic mass is 32.1. The lowest BCUT2D eigenvalue weighted by Crippen LogP contribution is -2.08. The van der Waals surface area contributed by atoms with E-state index in [0.29, 0.717) is 12.5 Å². The minimum Gasteiger partial charge on any atom is -0.396 e. The molecule has 1 heterocycles. The van der Waals surface area contributed by atoms with Crippen molar-refractivity contribution in [3.05, 3.63) is 22.4 Å². The van der Waals surface area contributed by atoms with Crippen LogP contribution in [-0.4, -0.2) is 11.7 Å². The molecule has 0 radical (unpaired) electrons. The van der Waals surface area contributed by atoms with E-state index in [1.165, 1.54) is 4.88 Å². The van der Waals surface area contributed by atoms with Crippen LogP contribution < -0.4 is 0 Å². The SMILES string of the molecule is CCCC(CO)Cc1cccs1. The normalized spacial score (nSPS) is 13.2. The lowest BCUT2D eigenvalue weighted by Gasteiger charge is -2.10. The number of rotatable bonds is 5. The number of hydrogen-bond acceptors (Lipinski definition) is 2. The van der Waals surface area contributed by atoms with Gasteiger partial charge in [-0.1, -0.05) is 19.4 Å². The third-order valence-corrected chi connectivity index (χ3v) is 2.92. The molecule has 0 saturated carbocycles. The molecule has 1 unspecified atom stereocenters. The van der Waals surface area contributed by atoms with E-state index in [-0.39, 0.29) is 0 Å². The van der Waals surface area contributed by atoms with E-state index in [1.807, 2.05) is 0 Å². The Morgan fingerprint density at radius 2 is 2.42 bits per heavy atom. The van der Waals surface area contributed by atoms with Crippen LogP contribution >= 0.6 is 11.3 Å². The Morgan fingerprint density at radius 1 is 1.58 bits per heavy atom. The van der Waals surface area contributed by atoms with Crippen molar-refractivity contribution in [3.8, 4) is 0 Å². The molecule has 1 aromatic rings. The first-order valence-electron chi connectivity index (χ1n) is 4.50. The molecular weight excluding hydrogens is 168 g/mol. The molecule has 1 nitrogen and oxygen atoms in total. The van der Waals surface area contributed by atoms with Crippen molar-refractivity contribution >= 4 is 11.3 Å². The summed E-state index contributed by atoms with van der Waals surface area (Å²) in [5.74, 6) is 0.466. The van der Waals surface area contributed by atoms with E-state index in [1.54, 1.807) is 11.3 Å². The van der Waals surface area contributed by atoms with Crippen molar-refractivity contribution in [1.29, 1.82) is 0 Å². The van der Waals surface area contributed by atoms with Gasteiger partial charge in [0.25, 0.3) is 0 Å². The van der Waals surface area contributed by atoms with Crippen LogP contribution in [0.15, 0.2) is 17.5 Å². The van der Waals surface area contributed by atoms with Gasteiger partial charge in [0.2, 0.25) is 0 Å². The molecule has 68 valence electrons. The van der Waals surface area contributed by atoms with Gasteiger partial charge in [0.1, 0.15) is 0 Å². The smallest absolute Gasteiger partial charge is 0.0462 e. The molecule has 12 heavy (non-hydrogen) atoms. The van der Waals surface area contributed by atoms with Crippen molar-refractivity contribution < 1.29 is 5.11 Å². The van der Waals surface area contributed by atoms with Crippen molar-refractivity contribution in [2.75, 3.05) is 6.61 Å². The molecule has 1 rings (SSSR count). The van der Waals surface area contributed by atoms with E-state index in [0.717, 1.165) is 19.3 Å². The van der Waals surface area contributed by atoms with Gasteiger partial charge in [-0.2, -0.15) is 0 Å². The third-order valence-electron chi connectivity index (χ3n) is 2.03. The molecule has 0 saturated heterocycles. The van der Waals surface area contributed by atoms with E-state index in [4.69, 9.17) is 5.11 Å². The first kappa shape index (κ1) is 9.75. The largest absolute Gasteiger partial charge is 0.396 e. The highest BCUT2D eigenvalue weighted by molar-refractivity contribution is 7.09. The maximum Gasteiger partial charge on any atom is 0.0462 e. The second-order valence-corrected chi connectivity index (χ2v) is 4.15. The van der Waals surface area contributed by atoms with Gasteiger partial charge in [0, 0.05) is 11.5 Å². The fourth-order valence-corrected chi connectivity index (χ4v) is 2.20. The Balaban J connectivity index is 2.37. The number of aliphatic hydroxyl groups excluding tert-OH is 1. The predicted molar refractivity (Wildman–Crippen MR) is 53.5 cm³/mol. The predicted octanol–water partition coefficient (Wildman–Crippen LogP) is 2.70. The fourth-order valence-electron chi connectivity index (χ4n) is 1.38. The number of hydrogen-bond donors (Lipinski definition) is 1. The van der Waals surface area contributed by atoms with Crippen LogP contribution in [0.5, 0.6) is 0 Å². The zero-order valence-electron chi connectivity index (χ0n) is 7.49. The Kier molecular flexibility index (Phi) is 4.33. The van der Waals surface area contributed by atoms with Gasteiger partial charge >= 0.3 is 0 Å². The third kappa shape index (κ3) is 2.95. The summed E-state index contributed by atoms with van der Waals surface area (Å²) in [6.07, 6.45) is 3.34. The number of thiophene rings is 1. The highest BCUT2D eigenvalue weighted by Crippen LogP contribution is 2.17. The van der Waals surface area contributed by atoms with Crippen molar-refractivity contribution in [3.63, 3.8) is 0 Å². The van der Waals surface area contributed by atoms with Crippen molar-refractivity contribution in [2.24, 2.45) is 5.92 Å². The van der Waals surface area contributed by atoms with Crippen LogP contribution in [0.1, 0.15) is 24.6 Å². The zero-order chi connectivity index (χ0) is 8.81. The van der Waals surface area contributed by atoms with Crippen LogP contribution in [0.4, 0.5) is 0 Å². The van der Waals surface area contributed by atoms with Gasteiger partial charge in [-0.15, -0.1) is 11.3 Å². The monoisotopic (exact) mass is 184 g/mol. The minimum absolute atomic E-state index is 0.325. The highest BCUT2D eigenvalue weighted by Gasteiger charge is 2.07. The quantitative estimate of drug-likeness (QED) is 0.746. The van der Waals surface area contributed by atoms with E-state index < -0.39 is 0 Å². The average molecular weight is 184 g/mol. The second kappa shape index (κ2) is 5.33. The summed E-state index contributed by atoms with van der Waals surface area (Å²) in [7, 11) is 0. The molecular formula is C10H16OS. The zero-order valence-corrected chi connectivity index (χ0v) is 8.31. The Bertz CT molecular complexity index is 194. The van der Waals surface area contributed by atoms with Crippen molar-refractivity contribution in [1.82, 2.24) is 0 Å². The van der Waals surface area contributed by atoms with Gasteiger partial charge in [-0.3, -0.25) is 0 Å². The molecule has 0 aliphatic carbocycles. The molecule has 0 aromatic carbocycles. The van der Waals surface area contributed by atoms with Gasteiger partial charge in [-0.05, 0) is 30.2 Å². The summed E-state index contributed by atoms with van der Waals surface area (Å²) < 4.78 is 0. The molecule has 0 spiro atoms. The van der Waals surface area contributed by atoms with Crippen LogP contribution in [0.25, 0.3) is 0 Å². The molecule has 0 aliphatic heterocycles. The number of aliphatic hydroxyl groups is 1. The first-order valence-corrected chi connectivity index (χ1v) is 5.38. The summed E-state index contributed by atoms with van der Waals surface area (Å²) in [5, 5.41) is 11.2. The molecule has 0 aliphatic rings. The Hall–Kier alpha value is -0.340. The van der Waals surface area contributed by atoms with Crippen LogP contribution in [0.3, 0.4) is 0 Å². The van der Waals surface area contributed by atoms with E-state index in [2.05, 4.69) is 24.4 Å².